The second kappa shape index (κ2) is 9.10. The summed E-state index contributed by atoms with van der Waals surface area (Å²) in [7, 11) is 1.99. The summed E-state index contributed by atoms with van der Waals surface area (Å²) in [6.07, 6.45) is 6.44. The third-order valence-electron chi connectivity index (χ3n) is 3.32. The summed E-state index contributed by atoms with van der Waals surface area (Å²) in [5, 5.41) is 4.34. The first-order chi connectivity index (χ1) is 10.0. The highest BCUT2D eigenvalue weighted by molar-refractivity contribution is 7.99. The number of nitrogens with one attached hydrogen (secondary N) is 1. The second-order valence-corrected chi connectivity index (χ2v) is 6.31. The molecule has 1 aromatic heterocycles. The van der Waals surface area contributed by atoms with Crippen LogP contribution in [0.1, 0.15) is 40.0 Å². The predicted octanol–water partition coefficient (Wildman–Crippen LogP) is 2.61. The Kier molecular flexibility index (Phi) is 7.82. The van der Waals surface area contributed by atoms with Gasteiger partial charge in [-0.15, -0.1) is 0 Å². The largest absolute Gasteiger partial charge is 0.465 e. The van der Waals surface area contributed by atoms with E-state index in [0.717, 1.165) is 36.7 Å². The molecular weight excluding hydrogens is 286 g/mol. The zero-order valence-corrected chi connectivity index (χ0v) is 14.3. The van der Waals surface area contributed by atoms with Crippen molar-refractivity contribution >= 4 is 17.7 Å². The van der Waals surface area contributed by atoms with Gasteiger partial charge in [0.15, 0.2) is 5.16 Å². The van der Waals surface area contributed by atoms with Gasteiger partial charge in [0, 0.05) is 25.2 Å². The molecule has 0 spiro atoms. The maximum atomic E-state index is 12.1. The van der Waals surface area contributed by atoms with Crippen molar-refractivity contribution in [2.24, 2.45) is 7.05 Å². The van der Waals surface area contributed by atoms with Crippen LogP contribution in [0.15, 0.2) is 17.6 Å². The third-order valence-corrected chi connectivity index (χ3v) is 4.46. The Hall–Kier alpha value is -1.01. The lowest BCUT2D eigenvalue weighted by Crippen LogP contribution is -2.50. The summed E-state index contributed by atoms with van der Waals surface area (Å²) in [5.74, 6) is 0.786. The number of aromatic nitrogens is 2. The maximum absolute atomic E-state index is 12.1. The Morgan fingerprint density at radius 3 is 2.86 bits per heavy atom. The summed E-state index contributed by atoms with van der Waals surface area (Å²) in [4.78, 5) is 16.4. The lowest BCUT2D eigenvalue weighted by atomic mass is 9.96. The van der Waals surface area contributed by atoms with Crippen LogP contribution in [0.25, 0.3) is 0 Å². The molecule has 0 saturated carbocycles. The monoisotopic (exact) mass is 313 g/mol. The first-order valence-electron chi connectivity index (χ1n) is 7.56. The van der Waals surface area contributed by atoms with Crippen LogP contribution in [0.2, 0.25) is 0 Å². The van der Waals surface area contributed by atoms with E-state index in [1.165, 1.54) is 0 Å². The van der Waals surface area contributed by atoms with Crippen molar-refractivity contribution in [2.75, 3.05) is 18.9 Å². The highest BCUT2D eigenvalue weighted by Crippen LogP contribution is 2.20. The van der Waals surface area contributed by atoms with E-state index in [4.69, 9.17) is 4.74 Å². The Labute approximate surface area is 131 Å². The van der Waals surface area contributed by atoms with Gasteiger partial charge >= 0.3 is 5.97 Å². The Morgan fingerprint density at radius 1 is 1.52 bits per heavy atom. The van der Waals surface area contributed by atoms with Gasteiger partial charge in [0.2, 0.25) is 0 Å². The van der Waals surface area contributed by atoms with Gasteiger partial charge in [-0.1, -0.05) is 18.7 Å². The first kappa shape index (κ1) is 18.0. The molecule has 0 bridgehead atoms. The fraction of sp³-hybridized carbons (Fsp3) is 0.733. The molecule has 21 heavy (non-hydrogen) atoms. The molecule has 0 amide bonds. The van der Waals surface area contributed by atoms with Gasteiger partial charge in [-0.3, -0.25) is 4.79 Å². The van der Waals surface area contributed by atoms with E-state index in [2.05, 4.69) is 17.2 Å². The van der Waals surface area contributed by atoms with E-state index >= 15 is 0 Å². The van der Waals surface area contributed by atoms with Crippen molar-refractivity contribution in [1.29, 1.82) is 0 Å². The SMILES string of the molecule is CCCNC(C)(CCCSc1nccn1C)C(=O)OCC. The smallest absolute Gasteiger partial charge is 0.326 e. The predicted molar refractivity (Wildman–Crippen MR) is 86.5 cm³/mol. The average Bonchev–Trinajstić information content (AvgIpc) is 2.87. The zero-order chi connectivity index (χ0) is 15.7. The average molecular weight is 313 g/mol. The summed E-state index contributed by atoms with van der Waals surface area (Å²) < 4.78 is 7.21. The van der Waals surface area contributed by atoms with Crippen LogP contribution in [0, 0.1) is 0 Å². The molecule has 1 heterocycles. The number of thioether (sulfide) groups is 1. The van der Waals surface area contributed by atoms with Gasteiger partial charge in [-0.05, 0) is 39.7 Å². The number of carbonyl (C=O) groups excluding carboxylic acids is 1. The minimum Gasteiger partial charge on any atom is -0.465 e. The summed E-state index contributed by atoms with van der Waals surface area (Å²) >= 11 is 1.72. The second-order valence-electron chi connectivity index (χ2n) is 5.25. The molecule has 5 nitrogen and oxygen atoms in total. The third kappa shape index (κ3) is 5.71. The minimum absolute atomic E-state index is 0.152. The summed E-state index contributed by atoms with van der Waals surface area (Å²) in [5.41, 5.74) is -0.589. The molecule has 0 aliphatic carbocycles. The van der Waals surface area contributed by atoms with E-state index in [-0.39, 0.29) is 5.97 Å². The number of aryl methyl sites for hydroxylation is 1. The van der Waals surface area contributed by atoms with Crippen LogP contribution in [0.5, 0.6) is 0 Å². The Balaban J connectivity index is 2.45. The van der Waals surface area contributed by atoms with Crippen LogP contribution >= 0.6 is 11.8 Å². The van der Waals surface area contributed by atoms with Gasteiger partial charge in [0.25, 0.3) is 0 Å². The molecular formula is C15H27N3O2S. The molecule has 1 atom stereocenters. The number of esters is 1. The number of imidazole rings is 1. The maximum Gasteiger partial charge on any atom is 0.326 e. The summed E-state index contributed by atoms with van der Waals surface area (Å²) in [6.45, 7) is 7.11. The van der Waals surface area contributed by atoms with Crippen LogP contribution in [-0.4, -0.2) is 40.0 Å². The minimum atomic E-state index is -0.589. The van der Waals surface area contributed by atoms with E-state index in [1.54, 1.807) is 18.0 Å². The van der Waals surface area contributed by atoms with Crippen LogP contribution in [-0.2, 0) is 16.6 Å². The molecule has 0 aromatic carbocycles. The normalized spacial score (nSPS) is 13.9. The van der Waals surface area contributed by atoms with Gasteiger partial charge in [-0.2, -0.15) is 0 Å². The lowest BCUT2D eigenvalue weighted by Gasteiger charge is -2.28. The molecule has 0 saturated heterocycles. The molecule has 1 unspecified atom stereocenters. The highest BCUT2D eigenvalue weighted by atomic mass is 32.2. The standard InChI is InChI=1S/C15H27N3O2S/c1-5-9-17-15(3,13(19)20-6-2)8-7-12-21-14-16-10-11-18(14)4/h10-11,17H,5-9,12H2,1-4H3. The Morgan fingerprint density at radius 2 is 2.29 bits per heavy atom. The quantitative estimate of drug-likeness (QED) is 0.409. The fourth-order valence-electron chi connectivity index (χ4n) is 2.03. The Bertz CT molecular complexity index is 436. The van der Waals surface area contributed by atoms with Crippen molar-refractivity contribution in [3.05, 3.63) is 12.4 Å². The topological polar surface area (TPSA) is 56.2 Å². The molecule has 6 heteroatoms. The van der Waals surface area contributed by atoms with Crippen molar-refractivity contribution < 1.29 is 9.53 Å². The van der Waals surface area contributed by atoms with Crippen LogP contribution in [0.3, 0.4) is 0 Å². The van der Waals surface area contributed by atoms with Crippen molar-refractivity contribution in [3.63, 3.8) is 0 Å². The van der Waals surface area contributed by atoms with E-state index in [1.807, 2.05) is 31.7 Å². The first-order valence-corrected chi connectivity index (χ1v) is 8.54. The molecule has 0 fully saturated rings. The van der Waals surface area contributed by atoms with Crippen LogP contribution in [0.4, 0.5) is 0 Å². The lowest BCUT2D eigenvalue weighted by molar-refractivity contribution is -0.150. The van der Waals surface area contributed by atoms with Gasteiger partial charge in [0.1, 0.15) is 5.54 Å². The molecule has 1 aromatic rings. The molecule has 0 radical (unpaired) electrons. The van der Waals surface area contributed by atoms with Crippen LogP contribution < -0.4 is 5.32 Å². The number of hydrogen-bond acceptors (Lipinski definition) is 5. The number of ether oxygens (including phenoxy) is 1. The number of rotatable bonds is 10. The van der Waals surface area contributed by atoms with Crippen molar-refractivity contribution in [1.82, 2.24) is 14.9 Å². The van der Waals surface area contributed by atoms with Gasteiger partial charge in [-0.25, -0.2) is 4.98 Å². The highest BCUT2D eigenvalue weighted by Gasteiger charge is 2.33. The molecule has 1 N–H and O–H groups in total. The van der Waals surface area contributed by atoms with E-state index in [0.29, 0.717) is 6.61 Å². The van der Waals surface area contributed by atoms with Crippen molar-refractivity contribution in [2.45, 2.75) is 50.7 Å². The molecule has 0 aliphatic heterocycles. The van der Waals surface area contributed by atoms with Crippen molar-refractivity contribution in [3.8, 4) is 0 Å². The molecule has 120 valence electrons. The zero-order valence-electron chi connectivity index (χ0n) is 13.5. The van der Waals surface area contributed by atoms with Gasteiger partial charge < -0.3 is 14.6 Å². The molecule has 1 rings (SSSR count). The van der Waals surface area contributed by atoms with E-state index in [9.17, 15) is 4.79 Å². The summed E-state index contributed by atoms with van der Waals surface area (Å²) in [6, 6.07) is 0. The molecule has 0 aliphatic rings. The van der Waals surface area contributed by atoms with E-state index < -0.39 is 5.54 Å². The fourth-order valence-corrected chi connectivity index (χ4v) is 2.91. The number of carbonyl (C=O) groups is 1. The number of hydrogen-bond donors (Lipinski definition) is 1. The number of nitrogens with zero attached hydrogens (tertiary/aromatic N) is 2. The van der Waals surface area contributed by atoms with Gasteiger partial charge in [0.05, 0.1) is 6.61 Å².